The summed E-state index contributed by atoms with van der Waals surface area (Å²) in [5, 5.41) is 2.94. The molecule has 3 heterocycles. The minimum absolute atomic E-state index is 0.0783. The Labute approximate surface area is 218 Å². The van der Waals surface area contributed by atoms with E-state index in [1.165, 1.54) is 36.8 Å². The molecule has 38 heavy (non-hydrogen) atoms. The number of pyridine rings is 2. The average Bonchev–Trinajstić information content (AvgIpc) is 2.87. The Balaban J connectivity index is 1.51. The van der Waals surface area contributed by atoms with Crippen LogP contribution in [0.3, 0.4) is 0 Å². The Hall–Kier alpha value is -4.49. The molecule has 14 heteroatoms. The Morgan fingerprint density at radius 2 is 1.71 bits per heavy atom. The van der Waals surface area contributed by atoms with Crippen molar-refractivity contribution in [3.63, 3.8) is 0 Å². The van der Waals surface area contributed by atoms with E-state index in [2.05, 4.69) is 30.0 Å². The van der Waals surface area contributed by atoms with E-state index in [4.69, 9.17) is 17.3 Å². The zero-order valence-corrected chi connectivity index (χ0v) is 20.5. The van der Waals surface area contributed by atoms with Gasteiger partial charge < -0.3 is 11.1 Å². The maximum absolute atomic E-state index is 14.1. The number of hydrogen-bond acceptors (Lipinski definition) is 8. The molecular formula is C24H15ClF3N7O2S. The molecule has 192 valence electrons. The van der Waals surface area contributed by atoms with Gasteiger partial charge in [0.2, 0.25) is 0 Å². The van der Waals surface area contributed by atoms with Crippen molar-refractivity contribution in [3.8, 4) is 11.3 Å². The Morgan fingerprint density at radius 3 is 2.47 bits per heavy atom. The molecule has 9 nitrogen and oxygen atoms in total. The van der Waals surface area contributed by atoms with Crippen molar-refractivity contribution in [3.05, 3.63) is 89.6 Å². The van der Waals surface area contributed by atoms with Crippen LogP contribution in [0.1, 0.15) is 0 Å². The second-order valence-electron chi connectivity index (χ2n) is 7.88. The van der Waals surface area contributed by atoms with E-state index in [0.29, 0.717) is 39.9 Å². The van der Waals surface area contributed by atoms with Crippen molar-refractivity contribution in [2.45, 2.75) is 4.90 Å². The van der Waals surface area contributed by atoms with Crippen LogP contribution in [-0.2, 0) is 10.0 Å². The third-order valence-corrected chi connectivity index (χ3v) is 6.99. The molecular weight excluding hydrogens is 543 g/mol. The highest BCUT2D eigenvalue weighted by Gasteiger charge is 2.21. The Kier molecular flexibility index (Phi) is 6.46. The largest absolute Gasteiger partial charge is 0.382 e. The number of benzene rings is 2. The molecule has 0 saturated carbocycles. The zero-order valence-electron chi connectivity index (χ0n) is 19.0. The molecule has 0 aliphatic rings. The van der Waals surface area contributed by atoms with Crippen LogP contribution in [0.5, 0.6) is 0 Å². The SMILES string of the molecule is Nc1ncc(-c2ccc3ncnc(Nc4ccc(F)c(Cl)c4)c3n2)cc1NS(=O)(=O)c1ccc(F)cc1F. The number of fused-ring (bicyclic) bond motifs is 1. The van der Waals surface area contributed by atoms with Crippen molar-refractivity contribution < 1.29 is 21.6 Å². The summed E-state index contributed by atoms with van der Waals surface area (Å²) >= 11 is 5.86. The molecule has 0 spiro atoms. The molecule has 5 rings (SSSR count). The van der Waals surface area contributed by atoms with Gasteiger partial charge in [-0.1, -0.05) is 11.6 Å². The summed E-state index contributed by atoms with van der Waals surface area (Å²) in [5.41, 5.74) is 7.72. The van der Waals surface area contributed by atoms with Gasteiger partial charge in [0.25, 0.3) is 10.0 Å². The number of hydrogen-bond donors (Lipinski definition) is 3. The summed E-state index contributed by atoms with van der Waals surface area (Å²) in [6.45, 7) is 0. The quantitative estimate of drug-likeness (QED) is 0.256. The molecule has 5 aromatic rings. The molecule has 0 radical (unpaired) electrons. The van der Waals surface area contributed by atoms with Crippen molar-refractivity contribution in [1.29, 1.82) is 0 Å². The van der Waals surface area contributed by atoms with E-state index < -0.39 is 32.4 Å². The van der Waals surface area contributed by atoms with Gasteiger partial charge in [-0.3, -0.25) is 4.72 Å². The summed E-state index contributed by atoms with van der Waals surface area (Å²) in [6.07, 6.45) is 2.69. The van der Waals surface area contributed by atoms with Crippen molar-refractivity contribution in [2.24, 2.45) is 0 Å². The van der Waals surface area contributed by atoms with Gasteiger partial charge in [0.05, 0.1) is 21.9 Å². The highest BCUT2D eigenvalue weighted by atomic mass is 35.5. The topological polar surface area (TPSA) is 136 Å². The lowest BCUT2D eigenvalue weighted by atomic mass is 10.1. The van der Waals surface area contributed by atoms with Crippen LogP contribution in [0.25, 0.3) is 22.3 Å². The van der Waals surface area contributed by atoms with Gasteiger partial charge in [0.15, 0.2) is 5.82 Å². The second-order valence-corrected chi connectivity index (χ2v) is 9.94. The van der Waals surface area contributed by atoms with Gasteiger partial charge in [-0.25, -0.2) is 41.5 Å². The number of aromatic nitrogens is 4. The maximum Gasteiger partial charge on any atom is 0.264 e. The first-order valence-electron chi connectivity index (χ1n) is 10.7. The minimum Gasteiger partial charge on any atom is -0.382 e. The molecule has 0 bridgehead atoms. The fourth-order valence-corrected chi connectivity index (χ4v) is 4.80. The van der Waals surface area contributed by atoms with E-state index in [-0.39, 0.29) is 16.5 Å². The smallest absolute Gasteiger partial charge is 0.264 e. The molecule has 0 saturated heterocycles. The van der Waals surface area contributed by atoms with Crippen LogP contribution in [0.4, 0.5) is 36.2 Å². The van der Waals surface area contributed by atoms with Crippen LogP contribution in [-0.4, -0.2) is 28.4 Å². The molecule has 0 unspecified atom stereocenters. The normalized spacial score (nSPS) is 11.5. The van der Waals surface area contributed by atoms with Crippen LogP contribution < -0.4 is 15.8 Å². The van der Waals surface area contributed by atoms with Crippen LogP contribution in [0.2, 0.25) is 5.02 Å². The fraction of sp³-hybridized carbons (Fsp3) is 0. The third-order valence-electron chi connectivity index (χ3n) is 5.31. The van der Waals surface area contributed by atoms with E-state index in [1.54, 1.807) is 12.1 Å². The van der Waals surface area contributed by atoms with E-state index in [9.17, 15) is 21.6 Å². The van der Waals surface area contributed by atoms with Gasteiger partial charge in [0.1, 0.15) is 40.0 Å². The highest BCUT2D eigenvalue weighted by Crippen LogP contribution is 2.30. The molecule has 0 fully saturated rings. The molecule has 0 aliphatic heterocycles. The van der Waals surface area contributed by atoms with Crippen molar-refractivity contribution in [2.75, 3.05) is 15.8 Å². The number of nitrogens with two attached hydrogens (primary N) is 1. The van der Waals surface area contributed by atoms with Crippen LogP contribution >= 0.6 is 11.6 Å². The lowest BCUT2D eigenvalue weighted by molar-refractivity contribution is 0.551. The number of nitrogens with one attached hydrogen (secondary N) is 2. The molecule has 2 aromatic carbocycles. The van der Waals surface area contributed by atoms with Gasteiger partial charge in [-0.2, -0.15) is 0 Å². The Morgan fingerprint density at radius 1 is 0.895 bits per heavy atom. The monoisotopic (exact) mass is 557 g/mol. The number of nitrogen functional groups attached to an aromatic ring is 1. The molecule has 0 atom stereocenters. The van der Waals surface area contributed by atoms with Gasteiger partial charge >= 0.3 is 0 Å². The average molecular weight is 558 g/mol. The molecule has 3 aromatic heterocycles. The molecule has 4 N–H and O–H groups in total. The van der Waals surface area contributed by atoms with E-state index in [0.717, 1.165) is 12.1 Å². The second kappa shape index (κ2) is 9.76. The zero-order chi connectivity index (χ0) is 27.0. The highest BCUT2D eigenvalue weighted by molar-refractivity contribution is 7.92. The lowest BCUT2D eigenvalue weighted by Crippen LogP contribution is -2.16. The summed E-state index contributed by atoms with van der Waals surface area (Å²) < 4.78 is 68.6. The molecule has 0 aliphatic carbocycles. The summed E-state index contributed by atoms with van der Waals surface area (Å²) in [4.78, 5) is 16.2. The summed E-state index contributed by atoms with van der Waals surface area (Å²) in [5.74, 6) is -2.64. The first-order valence-corrected chi connectivity index (χ1v) is 12.5. The number of rotatable bonds is 6. The predicted molar refractivity (Wildman–Crippen MR) is 137 cm³/mol. The lowest BCUT2D eigenvalue weighted by Gasteiger charge is -2.13. The van der Waals surface area contributed by atoms with Gasteiger partial charge in [-0.05, 0) is 48.5 Å². The van der Waals surface area contributed by atoms with Gasteiger partial charge in [-0.15, -0.1) is 0 Å². The maximum atomic E-state index is 14.1. The number of anilines is 4. The number of nitrogens with zero attached hydrogens (tertiary/aromatic N) is 4. The van der Waals surface area contributed by atoms with E-state index in [1.807, 2.05) is 0 Å². The summed E-state index contributed by atoms with van der Waals surface area (Å²) in [7, 11) is -4.46. The minimum atomic E-state index is -4.46. The Bertz CT molecular complexity index is 1820. The third kappa shape index (κ3) is 5.01. The first kappa shape index (κ1) is 25.2. The van der Waals surface area contributed by atoms with Crippen LogP contribution in [0.15, 0.2) is 72.0 Å². The molecule has 0 amide bonds. The fourth-order valence-electron chi connectivity index (χ4n) is 3.49. The number of sulfonamides is 1. The van der Waals surface area contributed by atoms with E-state index >= 15 is 0 Å². The van der Waals surface area contributed by atoms with Crippen molar-refractivity contribution >= 4 is 55.7 Å². The first-order chi connectivity index (χ1) is 18.1. The predicted octanol–water partition coefficient (Wildman–Crippen LogP) is 5.28. The number of halogens is 4. The summed E-state index contributed by atoms with van der Waals surface area (Å²) in [6, 6.07) is 10.8. The van der Waals surface area contributed by atoms with Crippen molar-refractivity contribution in [1.82, 2.24) is 19.9 Å². The standard InChI is InChI=1S/C24H15ClF3N7O2S/c25-15-9-14(2-3-16(15)27)33-24-22-19(31-11-32-24)5-4-18(34-22)12-7-20(23(29)30-10-12)35-38(36,37)21-6-1-13(26)8-17(21)28/h1-11,35H,(H2,29,30)(H,31,32,33). The van der Waals surface area contributed by atoms with Crippen LogP contribution in [0, 0.1) is 17.5 Å². The van der Waals surface area contributed by atoms with Gasteiger partial charge in [0, 0.05) is 23.5 Å².